The van der Waals surface area contributed by atoms with E-state index >= 15 is 0 Å². The highest BCUT2D eigenvalue weighted by molar-refractivity contribution is 6.42. The van der Waals surface area contributed by atoms with E-state index in [-0.39, 0.29) is 0 Å². The first kappa shape index (κ1) is 20.3. The minimum absolute atomic E-state index is 0.398. The van der Waals surface area contributed by atoms with Gasteiger partial charge in [-0.2, -0.15) is 5.10 Å². The number of nitrogens with zero attached hydrogens (tertiary/aromatic N) is 1. The van der Waals surface area contributed by atoms with Crippen molar-refractivity contribution in [1.29, 1.82) is 0 Å². The summed E-state index contributed by atoms with van der Waals surface area (Å²) in [7, 11) is 1.60. The zero-order chi connectivity index (χ0) is 19.9. The fourth-order valence-corrected chi connectivity index (χ4v) is 2.80. The Balaban J connectivity index is 1.68. The topological polar surface area (TPSA) is 42.8 Å². The molecule has 7 heteroatoms. The van der Waals surface area contributed by atoms with Crippen LogP contribution in [0.5, 0.6) is 11.5 Å². The molecule has 0 aliphatic rings. The minimum atomic E-state index is 0.398. The summed E-state index contributed by atoms with van der Waals surface area (Å²) in [4.78, 5) is 0. The lowest BCUT2D eigenvalue weighted by molar-refractivity contribution is 0.284. The number of benzene rings is 3. The third-order valence-corrected chi connectivity index (χ3v) is 4.81. The van der Waals surface area contributed by atoms with E-state index in [9.17, 15) is 0 Å². The summed E-state index contributed by atoms with van der Waals surface area (Å²) in [5.74, 6) is 1.26. The summed E-state index contributed by atoms with van der Waals surface area (Å²) in [6.07, 6.45) is 1.68. The average Bonchev–Trinajstić information content (AvgIpc) is 2.70. The van der Waals surface area contributed by atoms with Crippen LogP contribution in [-0.4, -0.2) is 13.3 Å². The first-order chi connectivity index (χ1) is 13.5. The van der Waals surface area contributed by atoms with Crippen molar-refractivity contribution in [3.8, 4) is 11.5 Å². The number of rotatable bonds is 7. The molecule has 144 valence electrons. The molecule has 0 aromatic heterocycles. The van der Waals surface area contributed by atoms with Gasteiger partial charge in [0.1, 0.15) is 6.61 Å². The number of methoxy groups -OCH3 is 1. The van der Waals surface area contributed by atoms with Crippen LogP contribution in [-0.2, 0) is 6.61 Å². The maximum absolute atomic E-state index is 6.00. The lowest BCUT2D eigenvalue weighted by Gasteiger charge is -2.11. The smallest absolute Gasteiger partial charge is 0.162 e. The summed E-state index contributed by atoms with van der Waals surface area (Å²) in [6.45, 7) is 0.398. The van der Waals surface area contributed by atoms with Crippen molar-refractivity contribution < 1.29 is 9.47 Å². The lowest BCUT2D eigenvalue weighted by Crippen LogP contribution is -1.99. The fourth-order valence-electron chi connectivity index (χ4n) is 2.38. The van der Waals surface area contributed by atoms with Crippen molar-refractivity contribution in [3.05, 3.63) is 86.9 Å². The largest absolute Gasteiger partial charge is 0.493 e. The van der Waals surface area contributed by atoms with E-state index in [4.69, 9.17) is 44.3 Å². The molecule has 0 heterocycles. The molecular formula is C21H17Cl3N2O2. The molecule has 0 aliphatic carbocycles. The van der Waals surface area contributed by atoms with Crippen molar-refractivity contribution in [2.24, 2.45) is 5.10 Å². The van der Waals surface area contributed by atoms with Gasteiger partial charge in [-0.05, 0) is 59.7 Å². The van der Waals surface area contributed by atoms with Crippen LogP contribution in [0.1, 0.15) is 11.1 Å². The van der Waals surface area contributed by atoms with Gasteiger partial charge in [0.05, 0.1) is 29.1 Å². The molecule has 0 amide bonds. The van der Waals surface area contributed by atoms with E-state index in [0.717, 1.165) is 16.8 Å². The minimum Gasteiger partial charge on any atom is -0.493 e. The van der Waals surface area contributed by atoms with Crippen molar-refractivity contribution in [2.75, 3.05) is 12.5 Å². The highest BCUT2D eigenvalue weighted by Gasteiger charge is 2.06. The lowest BCUT2D eigenvalue weighted by atomic mass is 10.2. The van der Waals surface area contributed by atoms with Gasteiger partial charge in [0, 0.05) is 5.02 Å². The molecule has 3 aromatic rings. The molecule has 0 aliphatic heterocycles. The van der Waals surface area contributed by atoms with Gasteiger partial charge in [-0.1, -0.05) is 46.9 Å². The normalized spacial score (nSPS) is 10.9. The Morgan fingerprint density at radius 2 is 1.68 bits per heavy atom. The van der Waals surface area contributed by atoms with Gasteiger partial charge in [0.2, 0.25) is 0 Å². The molecule has 0 bridgehead atoms. The third kappa shape index (κ3) is 5.55. The molecule has 0 atom stereocenters. The SMILES string of the molecule is COc1ccc(C=NNc2ccc(Cl)c(Cl)c2)cc1OCc1ccc(Cl)cc1. The van der Waals surface area contributed by atoms with Crippen molar-refractivity contribution in [2.45, 2.75) is 6.61 Å². The Hall–Kier alpha value is -2.40. The summed E-state index contributed by atoms with van der Waals surface area (Å²) < 4.78 is 11.3. The quantitative estimate of drug-likeness (QED) is 0.332. The Morgan fingerprint density at radius 3 is 2.39 bits per heavy atom. The monoisotopic (exact) mass is 434 g/mol. The zero-order valence-electron chi connectivity index (χ0n) is 15.0. The number of hydrogen-bond acceptors (Lipinski definition) is 4. The summed E-state index contributed by atoms with van der Waals surface area (Å²) in [5, 5.41) is 5.86. The number of anilines is 1. The van der Waals surface area contributed by atoms with Crippen LogP contribution in [0, 0.1) is 0 Å². The standard InChI is InChI=1S/C21H17Cl3N2O2/c1-27-20-9-4-15(12-25-26-17-7-8-18(23)19(24)11-17)10-21(20)28-13-14-2-5-16(22)6-3-14/h2-12,26H,13H2,1H3. The van der Waals surface area contributed by atoms with E-state index in [0.29, 0.717) is 33.2 Å². The fraction of sp³-hybridized carbons (Fsp3) is 0.0952. The van der Waals surface area contributed by atoms with Gasteiger partial charge in [0.15, 0.2) is 11.5 Å². The summed E-state index contributed by atoms with van der Waals surface area (Å²) in [6, 6.07) is 18.3. The number of nitrogens with one attached hydrogen (secondary N) is 1. The number of hydrogen-bond donors (Lipinski definition) is 1. The Labute approximate surface area is 178 Å². The van der Waals surface area contributed by atoms with E-state index in [2.05, 4.69) is 10.5 Å². The van der Waals surface area contributed by atoms with E-state index in [1.165, 1.54) is 0 Å². The molecule has 3 rings (SSSR count). The number of ether oxygens (including phenoxy) is 2. The molecule has 0 radical (unpaired) electrons. The third-order valence-electron chi connectivity index (χ3n) is 3.82. The van der Waals surface area contributed by atoms with Crippen LogP contribution in [0.2, 0.25) is 15.1 Å². The number of halogens is 3. The second-order valence-corrected chi connectivity index (χ2v) is 7.08. The Kier molecular flexibility index (Phi) is 7.04. The average molecular weight is 436 g/mol. The van der Waals surface area contributed by atoms with E-state index < -0.39 is 0 Å². The number of hydrazone groups is 1. The van der Waals surface area contributed by atoms with Crippen LogP contribution in [0.4, 0.5) is 5.69 Å². The molecular weight excluding hydrogens is 419 g/mol. The van der Waals surface area contributed by atoms with Gasteiger partial charge in [-0.15, -0.1) is 0 Å². The highest BCUT2D eigenvalue weighted by Crippen LogP contribution is 2.29. The molecule has 0 saturated heterocycles. The van der Waals surface area contributed by atoms with Crippen molar-refractivity contribution >= 4 is 46.7 Å². The van der Waals surface area contributed by atoms with E-state index in [1.54, 1.807) is 31.5 Å². The van der Waals surface area contributed by atoms with Crippen LogP contribution in [0.25, 0.3) is 0 Å². The van der Waals surface area contributed by atoms with Crippen molar-refractivity contribution in [1.82, 2.24) is 0 Å². The van der Waals surface area contributed by atoms with Gasteiger partial charge >= 0.3 is 0 Å². The summed E-state index contributed by atoms with van der Waals surface area (Å²) in [5.41, 5.74) is 5.50. The van der Waals surface area contributed by atoms with Crippen LogP contribution < -0.4 is 14.9 Å². The maximum atomic E-state index is 6.00. The molecule has 4 nitrogen and oxygen atoms in total. The molecule has 1 N–H and O–H groups in total. The van der Waals surface area contributed by atoms with Gasteiger partial charge < -0.3 is 9.47 Å². The Morgan fingerprint density at radius 1 is 0.893 bits per heavy atom. The first-order valence-electron chi connectivity index (χ1n) is 8.34. The highest BCUT2D eigenvalue weighted by atomic mass is 35.5. The van der Waals surface area contributed by atoms with Gasteiger partial charge in [-0.25, -0.2) is 0 Å². The second-order valence-electron chi connectivity index (χ2n) is 5.82. The molecule has 3 aromatic carbocycles. The van der Waals surface area contributed by atoms with Crippen LogP contribution in [0.15, 0.2) is 65.8 Å². The van der Waals surface area contributed by atoms with Gasteiger partial charge in [-0.3, -0.25) is 5.43 Å². The maximum Gasteiger partial charge on any atom is 0.162 e. The molecule has 0 spiro atoms. The molecule has 0 saturated carbocycles. The molecule has 0 unspecified atom stereocenters. The second kappa shape index (κ2) is 9.69. The van der Waals surface area contributed by atoms with Crippen molar-refractivity contribution in [3.63, 3.8) is 0 Å². The predicted octanol–water partition coefficient (Wildman–Crippen LogP) is 6.68. The Bertz CT molecular complexity index is 976. The molecule has 0 fully saturated rings. The van der Waals surface area contributed by atoms with Crippen LogP contribution >= 0.6 is 34.8 Å². The van der Waals surface area contributed by atoms with Crippen LogP contribution in [0.3, 0.4) is 0 Å². The first-order valence-corrected chi connectivity index (χ1v) is 9.48. The summed E-state index contributed by atoms with van der Waals surface area (Å²) >= 11 is 17.8. The van der Waals surface area contributed by atoms with E-state index in [1.807, 2.05) is 42.5 Å². The molecule has 28 heavy (non-hydrogen) atoms. The zero-order valence-corrected chi connectivity index (χ0v) is 17.2. The predicted molar refractivity (Wildman–Crippen MR) is 116 cm³/mol. The van der Waals surface area contributed by atoms with Gasteiger partial charge in [0.25, 0.3) is 0 Å².